The summed E-state index contributed by atoms with van der Waals surface area (Å²) in [6.07, 6.45) is -0.00823. The maximum atomic E-state index is 11.9. The van der Waals surface area contributed by atoms with Crippen LogP contribution in [-0.4, -0.2) is 46.4 Å². The molecule has 1 fully saturated rings. The van der Waals surface area contributed by atoms with Gasteiger partial charge in [-0.05, 0) is 33.2 Å². The molecule has 0 spiro atoms. The van der Waals surface area contributed by atoms with Crippen LogP contribution in [-0.2, 0) is 18.9 Å². The van der Waals surface area contributed by atoms with Crippen LogP contribution in [0.25, 0.3) is 0 Å². The first-order valence-corrected chi connectivity index (χ1v) is 8.01. The molecule has 0 aromatic rings. The van der Waals surface area contributed by atoms with Gasteiger partial charge in [-0.3, -0.25) is 14.2 Å². The lowest BCUT2D eigenvalue weighted by Crippen LogP contribution is -2.51. The Morgan fingerprint density at radius 3 is 2.58 bits per heavy atom. The summed E-state index contributed by atoms with van der Waals surface area (Å²) in [6.45, 7) is 3.98. The number of esters is 1. The van der Waals surface area contributed by atoms with Crippen LogP contribution in [0.4, 0.5) is 0 Å². The van der Waals surface area contributed by atoms with E-state index in [9.17, 15) is 14.2 Å². The van der Waals surface area contributed by atoms with Gasteiger partial charge in [0.1, 0.15) is 18.0 Å². The summed E-state index contributed by atoms with van der Waals surface area (Å²) in [7, 11) is -4.40. The Labute approximate surface area is 111 Å². The van der Waals surface area contributed by atoms with Gasteiger partial charge in [0.15, 0.2) is 0 Å². The minimum absolute atomic E-state index is 0.297. The summed E-state index contributed by atoms with van der Waals surface area (Å²) < 4.78 is 15.9. The lowest BCUT2D eigenvalue weighted by atomic mass is 9.88. The zero-order valence-corrected chi connectivity index (χ0v) is 11.9. The van der Waals surface area contributed by atoms with Crippen molar-refractivity contribution in [2.45, 2.75) is 38.8 Å². The van der Waals surface area contributed by atoms with Crippen LogP contribution in [0.3, 0.4) is 0 Å². The molecule has 0 aromatic carbocycles. The molecule has 0 aliphatic carbocycles. The van der Waals surface area contributed by atoms with Crippen molar-refractivity contribution in [3.63, 3.8) is 0 Å². The van der Waals surface area contributed by atoms with Crippen LogP contribution < -0.4 is 5.32 Å². The average Bonchev–Trinajstić information content (AvgIpc) is 2.25. The molecule has 1 heterocycles. The van der Waals surface area contributed by atoms with Crippen LogP contribution in [0.2, 0.25) is 0 Å². The lowest BCUT2D eigenvalue weighted by Gasteiger charge is -2.30. The van der Waals surface area contributed by atoms with Crippen LogP contribution >= 0.6 is 7.60 Å². The Balaban J connectivity index is 2.74. The van der Waals surface area contributed by atoms with Gasteiger partial charge in [-0.1, -0.05) is 0 Å². The second kappa shape index (κ2) is 6.61. The second-order valence-corrected chi connectivity index (χ2v) is 6.60. The largest absolute Gasteiger partial charge is 0.462 e. The predicted octanol–water partition coefficient (Wildman–Crippen LogP) is 0.0530. The molecule has 0 radical (unpaired) electrons. The summed E-state index contributed by atoms with van der Waals surface area (Å²) >= 11 is 0. The molecular weight excluding hydrogens is 273 g/mol. The first-order chi connectivity index (χ1) is 8.70. The average molecular weight is 293 g/mol. The van der Waals surface area contributed by atoms with Crippen molar-refractivity contribution < 1.29 is 28.7 Å². The topological polar surface area (TPSA) is 113 Å². The smallest absolute Gasteiger partial charge is 0.332 e. The summed E-state index contributed by atoms with van der Waals surface area (Å²) in [5.74, 6) is -1.86. The minimum atomic E-state index is -4.40. The Morgan fingerprint density at radius 2 is 2.05 bits per heavy atom. The molecule has 7 nitrogen and oxygen atoms in total. The van der Waals surface area contributed by atoms with E-state index in [4.69, 9.17) is 14.5 Å². The van der Waals surface area contributed by atoms with Gasteiger partial charge in [0.05, 0.1) is 6.10 Å². The zero-order valence-electron chi connectivity index (χ0n) is 11.0. The number of piperidine rings is 1. The van der Waals surface area contributed by atoms with Gasteiger partial charge in [0, 0.05) is 5.92 Å². The zero-order chi connectivity index (χ0) is 14.6. The van der Waals surface area contributed by atoms with Gasteiger partial charge in [-0.15, -0.1) is 0 Å². The van der Waals surface area contributed by atoms with Gasteiger partial charge >= 0.3 is 13.6 Å². The van der Waals surface area contributed by atoms with Crippen molar-refractivity contribution in [3.8, 4) is 0 Å². The number of rotatable bonds is 5. The molecule has 110 valence electrons. The maximum Gasteiger partial charge on any atom is 0.332 e. The number of nitrogens with one attached hydrogen (secondary N) is 1. The van der Waals surface area contributed by atoms with Crippen molar-refractivity contribution in [1.82, 2.24) is 5.32 Å². The van der Waals surface area contributed by atoms with Crippen molar-refractivity contribution in [1.29, 1.82) is 0 Å². The predicted molar refractivity (Wildman–Crippen MR) is 67.7 cm³/mol. The highest BCUT2D eigenvalue weighted by Gasteiger charge is 2.38. The third-order valence-electron chi connectivity index (χ3n) is 2.84. The Bertz CT molecular complexity index is 391. The van der Waals surface area contributed by atoms with E-state index < -0.39 is 37.5 Å². The number of ketones is 1. The van der Waals surface area contributed by atoms with Crippen molar-refractivity contribution in [3.05, 3.63) is 0 Å². The minimum Gasteiger partial charge on any atom is -0.462 e. The molecule has 0 unspecified atom stereocenters. The molecule has 1 aliphatic rings. The molecule has 3 N–H and O–H groups in total. The molecule has 0 amide bonds. The van der Waals surface area contributed by atoms with Crippen molar-refractivity contribution in [2.24, 2.45) is 5.92 Å². The lowest BCUT2D eigenvalue weighted by molar-refractivity contribution is -0.154. The summed E-state index contributed by atoms with van der Waals surface area (Å²) in [5, 5.41) is 2.89. The highest BCUT2D eigenvalue weighted by atomic mass is 31.2. The fourth-order valence-corrected chi connectivity index (χ4v) is 2.75. The summed E-state index contributed by atoms with van der Waals surface area (Å²) in [4.78, 5) is 41.4. The van der Waals surface area contributed by atoms with Crippen LogP contribution in [0, 0.1) is 5.92 Å². The van der Waals surface area contributed by atoms with Crippen LogP contribution in [0.5, 0.6) is 0 Å². The molecule has 2 atom stereocenters. The Hall–Kier alpha value is -0.750. The normalized spacial score (nSPS) is 24.3. The third-order valence-corrected chi connectivity index (χ3v) is 3.56. The SMILES string of the molecule is CC(C)OC(=O)[C@H]1NCCC[C@H]1C(=O)CP(=O)(O)O. The van der Waals surface area contributed by atoms with Gasteiger partial charge in [-0.2, -0.15) is 0 Å². The molecule has 19 heavy (non-hydrogen) atoms. The van der Waals surface area contributed by atoms with E-state index in [1.165, 1.54) is 0 Å². The molecule has 1 aliphatic heterocycles. The number of Topliss-reactive ketones (excluding diaryl/α,β-unsaturated/α-hetero) is 1. The summed E-state index contributed by atoms with van der Waals surface area (Å²) in [5.41, 5.74) is 0. The monoisotopic (exact) mass is 293 g/mol. The number of carbonyl (C=O) groups excluding carboxylic acids is 2. The number of carbonyl (C=O) groups is 2. The fraction of sp³-hybridized carbons (Fsp3) is 0.818. The standard InChI is InChI=1S/C11H20NO6P/c1-7(2)18-11(14)10-8(4-3-5-12-10)9(13)6-19(15,16)17/h7-8,10,12H,3-6H2,1-2H3,(H2,15,16,17)/t8-,10-/m0/s1. The molecule has 0 bridgehead atoms. The highest BCUT2D eigenvalue weighted by molar-refractivity contribution is 7.52. The highest BCUT2D eigenvalue weighted by Crippen LogP contribution is 2.36. The van der Waals surface area contributed by atoms with Gasteiger partial charge in [0.2, 0.25) is 0 Å². The number of ether oxygens (including phenoxy) is 1. The summed E-state index contributed by atoms with van der Waals surface area (Å²) in [6, 6.07) is -0.810. The first-order valence-electron chi connectivity index (χ1n) is 6.22. The second-order valence-electron chi connectivity index (χ2n) is 4.96. The Morgan fingerprint density at radius 1 is 1.42 bits per heavy atom. The third kappa shape index (κ3) is 5.40. The number of hydrogen-bond donors (Lipinski definition) is 3. The van der Waals surface area contributed by atoms with E-state index in [0.29, 0.717) is 19.4 Å². The van der Waals surface area contributed by atoms with Gasteiger partial charge in [0.25, 0.3) is 0 Å². The van der Waals surface area contributed by atoms with E-state index in [1.54, 1.807) is 13.8 Å². The fourth-order valence-electron chi connectivity index (χ4n) is 2.11. The first kappa shape index (κ1) is 16.3. The van der Waals surface area contributed by atoms with E-state index in [2.05, 4.69) is 5.32 Å². The van der Waals surface area contributed by atoms with Crippen molar-refractivity contribution >= 4 is 19.3 Å². The van der Waals surface area contributed by atoms with Gasteiger partial charge in [-0.25, -0.2) is 0 Å². The quantitative estimate of drug-likeness (QED) is 0.485. The van der Waals surface area contributed by atoms with E-state index in [-0.39, 0.29) is 6.10 Å². The molecule has 0 aromatic heterocycles. The van der Waals surface area contributed by atoms with Crippen LogP contribution in [0.15, 0.2) is 0 Å². The molecule has 8 heteroatoms. The molecule has 1 saturated heterocycles. The molecule has 0 saturated carbocycles. The van der Waals surface area contributed by atoms with Crippen LogP contribution in [0.1, 0.15) is 26.7 Å². The number of hydrogen-bond acceptors (Lipinski definition) is 5. The maximum absolute atomic E-state index is 11.9. The Kier molecular flexibility index (Phi) is 5.67. The van der Waals surface area contributed by atoms with E-state index in [0.717, 1.165) is 0 Å². The molecular formula is C11H20NO6P. The van der Waals surface area contributed by atoms with E-state index >= 15 is 0 Å². The van der Waals surface area contributed by atoms with E-state index in [1.807, 2.05) is 0 Å². The van der Waals surface area contributed by atoms with Crippen molar-refractivity contribution in [2.75, 3.05) is 12.7 Å². The van der Waals surface area contributed by atoms with Gasteiger partial charge < -0.3 is 19.8 Å². The molecule has 1 rings (SSSR count).